The van der Waals surface area contributed by atoms with Gasteiger partial charge in [0, 0.05) is 38.2 Å². The van der Waals surface area contributed by atoms with Crippen molar-refractivity contribution >= 4 is 17.3 Å². The number of carbonyl (C=O) groups is 1. The Morgan fingerprint density at radius 1 is 1.44 bits per heavy atom. The molecule has 8 heteroatoms. The Morgan fingerprint density at radius 2 is 2.12 bits per heavy atom. The molecule has 1 heterocycles. The van der Waals surface area contributed by atoms with Crippen molar-refractivity contribution in [3.05, 3.63) is 33.9 Å². The Kier molecular flexibility index (Phi) is 6.31. The standard InChI is InChI=1S/C17H23N5O3/c1-20(2)10-7-19-17(23)14-5-8-21(9-6-14)15-4-3-13(12-18)11-16(15)22(24)25/h3-4,11,14H,5-10H2,1-2H3,(H,19,23). The van der Waals surface area contributed by atoms with Crippen molar-refractivity contribution in [2.75, 3.05) is 45.2 Å². The van der Waals surface area contributed by atoms with Gasteiger partial charge < -0.3 is 15.1 Å². The van der Waals surface area contributed by atoms with Crippen LogP contribution in [0.1, 0.15) is 18.4 Å². The summed E-state index contributed by atoms with van der Waals surface area (Å²) in [7, 11) is 3.91. The Labute approximate surface area is 147 Å². The van der Waals surface area contributed by atoms with E-state index in [1.54, 1.807) is 12.1 Å². The van der Waals surface area contributed by atoms with Crippen LogP contribution in [0.5, 0.6) is 0 Å². The Morgan fingerprint density at radius 3 is 2.68 bits per heavy atom. The molecule has 1 aromatic carbocycles. The fraction of sp³-hybridized carbons (Fsp3) is 0.529. The van der Waals surface area contributed by atoms with Gasteiger partial charge in [0.25, 0.3) is 5.69 Å². The Bertz CT molecular complexity index is 675. The molecule has 25 heavy (non-hydrogen) atoms. The van der Waals surface area contributed by atoms with E-state index in [0.29, 0.717) is 38.2 Å². The number of hydrogen-bond acceptors (Lipinski definition) is 6. The van der Waals surface area contributed by atoms with Crippen LogP contribution in [0.25, 0.3) is 0 Å². The maximum atomic E-state index is 12.2. The number of piperidine rings is 1. The van der Waals surface area contributed by atoms with E-state index in [0.717, 1.165) is 6.54 Å². The van der Waals surface area contributed by atoms with Crippen LogP contribution in [0.4, 0.5) is 11.4 Å². The maximum Gasteiger partial charge on any atom is 0.293 e. The summed E-state index contributed by atoms with van der Waals surface area (Å²) in [5, 5.41) is 23.1. The van der Waals surface area contributed by atoms with E-state index in [-0.39, 0.29) is 23.1 Å². The number of anilines is 1. The van der Waals surface area contributed by atoms with Gasteiger partial charge in [0.2, 0.25) is 5.91 Å². The van der Waals surface area contributed by atoms with E-state index < -0.39 is 4.92 Å². The fourth-order valence-electron chi connectivity index (χ4n) is 2.94. The first kappa shape index (κ1) is 18.7. The van der Waals surface area contributed by atoms with Gasteiger partial charge in [-0.25, -0.2) is 0 Å². The highest BCUT2D eigenvalue weighted by molar-refractivity contribution is 5.79. The molecule has 0 aromatic heterocycles. The van der Waals surface area contributed by atoms with Gasteiger partial charge >= 0.3 is 0 Å². The van der Waals surface area contributed by atoms with Gasteiger partial charge in [0.05, 0.1) is 16.6 Å². The summed E-state index contributed by atoms with van der Waals surface area (Å²) in [5.41, 5.74) is 0.717. The number of rotatable bonds is 6. The molecule has 1 saturated heterocycles. The Balaban J connectivity index is 1.97. The van der Waals surface area contributed by atoms with Crippen molar-refractivity contribution in [1.29, 1.82) is 5.26 Å². The second kappa shape index (κ2) is 8.44. The number of likely N-dealkylation sites (N-methyl/N-ethyl adjacent to an activating group) is 1. The molecule has 1 N–H and O–H groups in total. The van der Waals surface area contributed by atoms with Crippen molar-refractivity contribution in [1.82, 2.24) is 10.2 Å². The van der Waals surface area contributed by atoms with Gasteiger partial charge in [-0.2, -0.15) is 5.26 Å². The van der Waals surface area contributed by atoms with Crippen LogP contribution in [-0.4, -0.2) is 56.0 Å². The molecule has 0 bridgehead atoms. The second-order valence-electron chi connectivity index (χ2n) is 6.43. The quantitative estimate of drug-likeness (QED) is 0.617. The summed E-state index contributed by atoms with van der Waals surface area (Å²) in [4.78, 5) is 26.9. The predicted molar refractivity (Wildman–Crippen MR) is 94.3 cm³/mol. The third-order valence-corrected chi connectivity index (χ3v) is 4.37. The zero-order valence-electron chi connectivity index (χ0n) is 14.6. The lowest BCUT2D eigenvalue weighted by Gasteiger charge is -2.32. The molecular weight excluding hydrogens is 322 g/mol. The summed E-state index contributed by atoms with van der Waals surface area (Å²) in [6.45, 7) is 2.58. The average Bonchev–Trinajstić information content (AvgIpc) is 2.60. The highest BCUT2D eigenvalue weighted by Crippen LogP contribution is 2.32. The molecule has 0 atom stereocenters. The smallest absolute Gasteiger partial charge is 0.293 e. The highest BCUT2D eigenvalue weighted by Gasteiger charge is 2.28. The van der Waals surface area contributed by atoms with Gasteiger partial charge in [-0.3, -0.25) is 14.9 Å². The zero-order chi connectivity index (χ0) is 18.4. The molecule has 1 amide bonds. The largest absolute Gasteiger partial charge is 0.366 e. The van der Waals surface area contributed by atoms with Crippen LogP contribution >= 0.6 is 0 Å². The lowest BCUT2D eigenvalue weighted by atomic mass is 9.95. The molecule has 134 valence electrons. The number of amides is 1. The summed E-state index contributed by atoms with van der Waals surface area (Å²) >= 11 is 0. The minimum atomic E-state index is -0.462. The average molecular weight is 345 g/mol. The molecule has 1 aromatic rings. The van der Waals surface area contributed by atoms with Crippen LogP contribution in [0, 0.1) is 27.4 Å². The molecule has 8 nitrogen and oxygen atoms in total. The lowest BCUT2D eigenvalue weighted by Crippen LogP contribution is -2.42. The molecular formula is C17H23N5O3. The Hall–Kier alpha value is -2.66. The number of hydrogen-bond donors (Lipinski definition) is 1. The van der Waals surface area contributed by atoms with Crippen molar-refractivity contribution in [2.45, 2.75) is 12.8 Å². The topological polar surface area (TPSA) is 103 Å². The van der Waals surface area contributed by atoms with Crippen molar-refractivity contribution in [3.63, 3.8) is 0 Å². The molecule has 2 rings (SSSR count). The third-order valence-electron chi connectivity index (χ3n) is 4.37. The third kappa shape index (κ3) is 4.90. The van der Waals surface area contributed by atoms with Crippen molar-refractivity contribution < 1.29 is 9.72 Å². The summed E-state index contributed by atoms with van der Waals surface area (Å²) in [6.07, 6.45) is 1.32. The maximum absolute atomic E-state index is 12.2. The molecule has 0 saturated carbocycles. The van der Waals surface area contributed by atoms with Crippen molar-refractivity contribution in [3.8, 4) is 6.07 Å². The first-order valence-corrected chi connectivity index (χ1v) is 8.28. The molecule has 0 spiro atoms. The molecule has 0 unspecified atom stereocenters. The first-order valence-electron chi connectivity index (χ1n) is 8.28. The number of nitrogens with one attached hydrogen (secondary N) is 1. The van der Waals surface area contributed by atoms with E-state index in [1.165, 1.54) is 6.07 Å². The summed E-state index contributed by atoms with van der Waals surface area (Å²) < 4.78 is 0. The summed E-state index contributed by atoms with van der Waals surface area (Å²) in [5.74, 6) is -0.00771. The number of nitro groups is 1. The molecule has 0 aliphatic carbocycles. The minimum Gasteiger partial charge on any atom is -0.366 e. The van der Waals surface area contributed by atoms with E-state index >= 15 is 0 Å². The first-order chi connectivity index (χ1) is 11.9. The second-order valence-corrected chi connectivity index (χ2v) is 6.43. The number of benzene rings is 1. The molecule has 0 radical (unpaired) electrons. The molecule has 1 aliphatic rings. The van der Waals surface area contributed by atoms with E-state index in [2.05, 4.69) is 5.32 Å². The van der Waals surface area contributed by atoms with Crippen LogP contribution in [-0.2, 0) is 4.79 Å². The van der Waals surface area contributed by atoms with E-state index in [9.17, 15) is 14.9 Å². The number of nitro benzene ring substituents is 1. The van der Waals surface area contributed by atoms with E-state index in [4.69, 9.17) is 5.26 Å². The van der Waals surface area contributed by atoms with Gasteiger partial charge in [0.1, 0.15) is 5.69 Å². The number of nitriles is 1. The number of nitrogens with zero attached hydrogens (tertiary/aromatic N) is 4. The monoisotopic (exact) mass is 345 g/mol. The van der Waals surface area contributed by atoms with Crippen LogP contribution in [0.15, 0.2) is 18.2 Å². The SMILES string of the molecule is CN(C)CCNC(=O)C1CCN(c2ccc(C#N)cc2[N+](=O)[O-])CC1. The van der Waals surface area contributed by atoms with Crippen LogP contribution in [0.3, 0.4) is 0 Å². The van der Waals surface area contributed by atoms with Gasteiger partial charge in [-0.05, 0) is 39.1 Å². The van der Waals surface area contributed by atoms with E-state index in [1.807, 2.05) is 30.0 Å². The van der Waals surface area contributed by atoms with Gasteiger partial charge in [-0.1, -0.05) is 0 Å². The minimum absolute atomic E-state index is 0.0517. The fourth-order valence-corrected chi connectivity index (χ4v) is 2.94. The van der Waals surface area contributed by atoms with Crippen LogP contribution < -0.4 is 10.2 Å². The lowest BCUT2D eigenvalue weighted by molar-refractivity contribution is -0.384. The zero-order valence-corrected chi connectivity index (χ0v) is 14.6. The van der Waals surface area contributed by atoms with Gasteiger partial charge in [-0.15, -0.1) is 0 Å². The molecule has 1 fully saturated rings. The summed E-state index contributed by atoms with van der Waals surface area (Å²) in [6, 6.07) is 6.43. The highest BCUT2D eigenvalue weighted by atomic mass is 16.6. The number of carbonyl (C=O) groups excluding carboxylic acids is 1. The van der Waals surface area contributed by atoms with Crippen molar-refractivity contribution in [2.24, 2.45) is 5.92 Å². The van der Waals surface area contributed by atoms with Gasteiger partial charge in [0.15, 0.2) is 0 Å². The van der Waals surface area contributed by atoms with Crippen LogP contribution in [0.2, 0.25) is 0 Å². The predicted octanol–water partition coefficient (Wildman–Crippen LogP) is 1.36. The molecule has 1 aliphatic heterocycles. The normalized spacial score (nSPS) is 15.0.